The number of aryl methyl sites for hydroxylation is 1. The zero-order valence-electron chi connectivity index (χ0n) is 16.6. The van der Waals surface area contributed by atoms with Gasteiger partial charge in [0.25, 0.3) is 0 Å². The predicted molar refractivity (Wildman–Crippen MR) is 117 cm³/mol. The summed E-state index contributed by atoms with van der Waals surface area (Å²) in [5.41, 5.74) is 0.743. The fourth-order valence-electron chi connectivity index (χ4n) is 3.20. The Bertz CT molecular complexity index is 1540. The quantitative estimate of drug-likeness (QED) is 0.421. The minimum Gasteiger partial charge on any atom is -0.408 e. The number of rotatable bonds is 7. The Balaban J connectivity index is 1.68. The molecule has 32 heavy (non-hydrogen) atoms. The van der Waals surface area contributed by atoms with E-state index in [0.717, 1.165) is 23.5 Å². The van der Waals surface area contributed by atoms with Gasteiger partial charge in [-0.1, -0.05) is 18.2 Å². The maximum absolute atomic E-state index is 13.4. The van der Waals surface area contributed by atoms with E-state index in [1.54, 1.807) is 11.4 Å². The highest BCUT2D eigenvalue weighted by atomic mass is 32.2. The van der Waals surface area contributed by atoms with Crippen molar-refractivity contribution in [2.75, 3.05) is 6.54 Å². The Kier molecular flexibility index (Phi) is 5.79. The summed E-state index contributed by atoms with van der Waals surface area (Å²) in [6.45, 7) is -0.481. The van der Waals surface area contributed by atoms with E-state index in [0.29, 0.717) is 5.52 Å². The molecule has 1 unspecified atom stereocenters. The molecule has 12 heteroatoms. The smallest absolute Gasteiger partial charge is 0.408 e. The molecule has 4 rings (SSSR count). The normalized spacial score (nSPS) is 13.4. The van der Waals surface area contributed by atoms with E-state index in [2.05, 4.69) is 4.72 Å². The topological polar surface area (TPSA) is 115 Å². The molecule has 0 bridgehead atoms. The van der Waals surface area contributed by atoms with Gasteiger partial charge in [-0.25, -0.2) is 30.7 Å². The number of nitrogens with one attached hydrogen (secondary N) is 1. The van der Waals surface area contributed by atoms with Crippen LogP contribution in [-0.2, 0) is 26.9 Å². The Morgan fingerprint density at radius 1 is 1.09 bits per heavy atom. The molecular formula is C20H17FN2O6S3. The lowest BCUT2D eigenvalue weighted by molar-refractivity contribution is 0.527. The Labute approximate surface area is 186 Å². The Morgan fingerprint density at radius 2 is 1.81 bits per heavy atom. The highest BCUT2D eigenvalue weighted by Gasteiger charge is 2.31. The maximum Gasteiger partial charge on any atom is 0.419 e. The third-order valence-corrected chi connectivity index (χ3v) is 9.88. The van der Waals surface area contributed by atoms with Gasteiger partial charge in [0, 0.05) is 19.7 Å². The molecule has 0 fully saturated rings. The van der Waals surface area contributed by atoms with Gasteiger partial charge in [0.2, 0.25) is 10.0 Å². The molecule has 0 radical (unpaired) electrons. The maximum atomic E-state index is 13.4. The summed E-state index contributed by atoms with van der Waals surface area (Å²) >= 11 is 1.01. The average Bonchev–Trinajstić information content (AvgIpc) is 3.38. The summed E-state index contributed by atoms with van der Waals surface area (Å²) in [5, 5.41) is 0.316. The van der Waals surface area contributed by atoms with Crippen LogP contribution in [0.1, 0.15) is 10.8 Å². The monoisotopic (exact) mass is 496 g/mol. The van der Waals surface area contributed by atoms with E-state index in [1.807, 2.05) is 0 Å². The second-order valence-electron chi connectivity index (χ2n) is 6.93. The zero-order valence-corrected chi connectivity index (χ0v) is 19.0. The molecule has 0 aliphatic carbocycles. The van der Waals surface area contributed by atoms with Gasteiger partial charge in [0.05, 0.1) is 10.4 Å². The lowest BCUT2D eigenvalue weighted by Crippen LogP contribution is -2.31. The van der Waals surface area contributed by atoms with Gasteiger partial charge in [-0.2, -0.15) is 0 Å². The van der Waals surface area contributed by atoms with Crippen LogP contribution >= 0.6 is 11.3 Å². The fraction of sp³-hybridized carbons (Fsp3) is 0.150. The van der Waals surface area contributed by atoms with Gasteiger partial charge in [-0.15, -0.1) is 11.3 Å². The molecule has 2 aromatic carbocycles. The van der Waals surface area contributed by atoms with Gasteiger partial charge in [-0.3, -0.25) is 4.57 Å². The molecule has 1 atom stereocenters. The summed E-state index contributed by atoms with van der Waals surface area (Å²) in [6.07, 6.45) is 0. The van der Waals surface area contributed by atoms with Crippen molar-refractivity contribution in [2.45, 2.75) is 14.4 Å². The standard InChI is InChI=1S/C20H17FN2O6S3/c1-23-16-9-8-15(11-17(16)29-20(23)24)32(27,28)22-12-18(13-4-6-14(21)7-5-13)31(25,26)19-3-2-10-30-19/h2-11,18,22H,12H2,1H3. The number of thiophene rings is 1. The molecular weight excluding hydrogens is 479 g/mol. The van der Waals surface area contributed by atoms with E-state index in [4.69, 9.17) is 4.42 Å². The first-order valence-corrected chi connectivity index (χ1v) is 13.1. The van der Waals surface area contributed by atoms with Crippen molar-refractivity contribution in [3.05, 3.63) is 81.9 Å². The molecule has 168 valence electrons. The number of fused-ring (bicyclic) bond motifs is 1. The van der Waals surface area contributed by atoms with Gasteiger partial charge in [0.1, 0.15) is 15.3 Å². The van der Waals surface area contributed by atoms with Crippen LogP contribution < -0.4 is 10.5 Å². The van der Waals surface area contributed by atoms with E-state index < -0.39 is 43.2 Å². The van der Waals surface area contributed by atoms with Crippen molar-refractivity contribution >= 4 is 42.3 Å². The number of sulfone groups is 1. The first kappa shape index (κ1) is 22.4. The molecule has 0 aliphatic rings. The molecule has 2 heterocycles. The van der Waals surface area contributed by atoms with Crippen molar-refractivity contribution < 1.29 is 25.6 Å². The SMILES string of the molecule is Cn1c(=O)oc2cc(S(=O)(=O)NCC(c3ccc(F)cc3)S(=O)(=O)c3cccs3)ccc21. The van der Waals surface area contributed by atoms with E-state index in [1.165, 1.54) is 48.0 Å². The lowest BCUT2D eigenvalue weighted by atomic mass is 10.1. The highest BCUT2D eigenvalue weighted by molar-refractivity contribution is 7.93. The number of halogens is 1. The minimum absolute atomic E-state index is 0.0681. The number of aromatic nitrogens is 1. The molecule has 0 spiro atoms. The molecule has 4 aromatic rings. The number of benzene rings is 2. The summed E-state index contributed by atoms with van der Waals surface area (Å²) in [5.74, 6) is -1.18. The largest absolute Gasteiger partial charge is 0.419 e. The molecule has 0 amide bonds. The summed E-state index contributed by atoms with van der Waals surface area (Å²) < 4.78 is 74.1. The Morgan fingerprint density at radius 3 is 2.47 bits per heavy atom. The van der Waals surface area contributed by atoms with E-state index >= 15 is 0 Å². The van der Waals surface area contributed by atoms with Crippen molar-refractivity contribution in [2.24, 2.45) is 7.05 Å². The molecule has 0 saturated carbocycles. The molecule has 8 nitrogen and oxygen atoms in total. The van der Waals surface area contributed by atoms with Gasteiger partial charge in [-0.05, 0) is 41.3 Å². The first-order chi connectivity index (χ1) is 15.1. The van der Waals surface area contributed by atoms with Crippen LogP contribution in [0.2, 0.25) is 0 Å². The van der Waals surface area contributed by atoms with Crippen LogP contribution in [0.4, 0.5) is 4.39 Å². The van der Waals surface area contributed by atoms with E-state index in [9.17, 15) is 26.0 Å². The third kappa shape index (κ3) is 4.13. The summed E-state index contributed by atoms with van der Waals surface area (Å²) in [4.78, 5) is 11.5. The van der Waals surface area contributed by atoms with Crippen LogP contribution in [0, 0.1) is 5.82 Å². The average molecular weight is 497 g/mol. The zero-order chi connectivity index (χ0) is 23.1. The van der Waals surface area contributed by atoms with Crippen LogP contribution in [0.5, 0.6) is 0 Å². The van der Waals surface area contributed by atoms with Gasteiger partial charge in [0.15, 0.2) is 15.4 Å². The molecule has 0 saturated heterocycles. The molecule has 2 aromatic heterocycles. The number of sulfonamides is 1. The van der Waals surface area contributed by atoms with Crippen molar-refractivity contribution in [3.8, 4) is 0 Å². The summed E-state index contributed by atoms with van der Waals surface area (Å²) in [6, 6.07) is 11.8. The number of hydrogen-bond donors (Lipinski definition) is 1. The molecule has 1 N–H and O–H groups in total. The fourth-order valence-corrected chi connectivity index (χ4v) is 7.23. The molecule has 0 aliphatic heterocycles. The van der Waals surface area contributed by atoms with Crippen LogP contribution in [-0.4, -0.2) is 27.9 Å². The lowest BCUT2D eigenvalue weighted by Gasteiger charge is -2.18. The second-order valence-corrected chi connectivity index (χ2v) is 12.0. The second kappa shape index (κ2) is 8.28. The van der Waals surface area contributed by atoms with Gasteiger partial charge >= 0.3 is 5.76 Å². The summed E-state index contributed by atoms with van der Waals surface area (Å²) in [7, 11) is -6.62. The number of oxazole rings is 1. The first-order valence-electron chi connectivity index (χ1n) is 9.22. The van der Waals surface area contributed by atoms with Crippen molar-refractivity contribution in [1.82, 2.24) is 9.29 Å². The predicted octanol–water partition coefficient (Wildman–Crippen LogP) is 2.83. The minimum atomic E-state index is -4.15. The highest BCUT2D eigenvalue weighted by Crippen LogP contribution is 2.31. The van der Waals surface area contributed by atoms with Crippen molar-refractivity contribution in [1.29, 1.82) is 0 Å². The number of hydrogen-bond acceptors (Lipinski definition) is 7. The van der Waals surface area contributed by atoms with E-state index in [-0.39, 0.29) is 20.3 Å². The third-order valence-electron chi connectivity index (χ3n) is 4.92. The van der Waals surface area contributed by atoms with Crippen LogP contribution in [0.3, 0.4) is 0 Å². The van der Waals surface area contributed by atoms with Crippen molar-refractivity contribution in [3.63, 3.8) is 0 Å². The van der Waals surface area contributed by atoms with Crippen LogP contribution in [0.15, 0.2) is 78.3 Å². The number of nitrogens with zero attached hydrogens (tertiary/aromatic N) is 1. The van der Waals surface area contributed by atoms with Gasteiger partial charge < -0.3 is 4.42 Å². The van der Waals surface area contributed by atoms with Crippen LogP contribution in [0.25, 0.3) is 11.1 Å². The Hall–Kier alpha value is -2.80.